The van der Waals surface area contributed by atoms with Crippen molar-refractivity contribution < 1.29 is 24.2 Å². The van der Waals surface area contributed by atoms with Crippen LogP contribution >= 0.6 is 11.6 Å². The summed E-state index contributed by atoms with van der Waals surface area (Å²) < 4.78 is 22.3. The second-order valence-electron chi connectivity index (χ2n) is 8.80. The first-order valence-corrected chi connectivity index (χ1v) is 12.0. The molecule has 0 aliphatic heterocycles. The number of aryl methyl sites for hydroxylation is 2. The molecule has 3 aromatic carbocycles. The van der Waals surface area contributed by atoms with Gasteiger partial charge in [-0.3, -0.25) is 4.79 Å². The maximum absolute atomic E-state index is 15.3. The van der Waals surface area contributed by atoms with Gasteiger partial charge in [-0.05, 0) is 72.1 Å². The van der Waals surface area contributed by atoms with Crippen molar-refractivity contribution in [3.63, 3.8) is 0 Å². The van der Waals surface area contributed by atoms with Crippen LogP contribution in [0.15, 0.2) is 88.9 Å². The molecule has 0 saturated carbocycles. The molecule has 0 spiro atoms. The van der Waals surface area contributed by atoms with Crippen LogP contribution in [-0.4, -0.2) is 26.6 Å². The number of carboxylic acid groups (broad SMARTS) is 1. The van der Waals surface area contributed by atoms with Crippen molar-refractivity contribution in [2.45, 2.75) is 19.3 Å². The molecule has 0 saturated heterocycles. The van der Waals surface area contributed by atoms with Crippen molar-refractivity contribution in [3.8, 4) is 11.5 Å². The molecule has 4 aromatic rings. The van der Waals surface area contributed by atoms with Gasteiger partial charge in [-0.2, -0.15) is 0 Å². The smallest absolute Gasteiger partial charge is 0.335 e. The van der Waals surface area contributed by atoms with E-state index in [1.54, 1.807) is 37.5 Å². The maximum atomic E-state index is 15.3. The minimum absolute atomic E-state index is 0.0204. The summed E-state index contributed by atoms with van der Waals surface area (Å²) in [6, 6.07) is 18.6. The van der Waals surface area contributed by atoms with Gasteiger partial charge in [0.1, 0.15) is 5.75 Å². The lowest BCUT2D eigenvalue weighted by atomic mass is 9.83. The second kappa shape index (κ2) is 11.3. The summed E-state index contributed by atoms with van der Waals surface area (Å²) >= 11 is 6.17. The summed E-state index contributed by atoms with van der Waals surface area (Å²) in [5.41, 5.74) is 2.98. The van der Waals surface area contributed by atoms with Crippen molar-refractivity contribution in [2.75, 3.05) is 0 Å². The van der Waals surface area contributed by atoms with Crippen LogP contribution in [0, 0.1) is 12.7 Å². The highest BCUT2D eigenvalue weighted by molar-refractivity contribution is 6.30. The number of aromatic carboxylic acids is 1. The average molecular weight is 535 g/mol. The monoisotopic (exact) mass is 534 g/mol. The molecule has 1 aromatic heterocycles. The fourth-order valence-electron chi connectivity index (χ4n) is 4.25. The summed E-state index contributed by atoms with van der Waals surface area (Å²) in [5.74, 6) is -2.09. The van der Waals surface area contributed by atoms with E-state index in [1.165, 1.54) is 47.0 Å². The first kappa shape index (κ1) is 26.6. The molecular formula is C29H24ClFN2O5. The standard InChI is InChI=1S/C29H24ClFN2O5/c1-17-12-21(30)8-9-23(17)24(15-26(32-37)20-7-11-28(34)33(2)16-20)18-6-10-27(25(31)14-18)38-22-5-3-4-19(13-22)29(35)36/h3-14,16,24,37H,15H2,1-2H3,(H,35,36). The quantitative estimate of drug-likeness (QED) is 0.155. The number of benzene rings is 3. The van der Waals surface area contributed by atoms with Gasteiger partial charge in [0.25, 0.3) is 0 Å². The van der Waals surface area contributed by atoms with Gasteiger partial charge in [0.15, 0.2) is 11.6 Å². The van der Waals surface area contributed by atoms with E-state index in [1.807, 2.05) is 13.0 Å². The van der Waals surface area contributed by atoms with E-state index in [9.17, 15) is 19.9 Å². The number of oxime groups is 1. The molecule has 9 heteroatoms. The highest BCUT2D eigenvalue weighted by Gasteiger charge is 2.22. The Morgan fingerprint density at radius 2 is 1.87 bits per heavy atom. The molecule has 1 unspecified atom stereocenters. The molecule has 1 atom stereocenters. The van der Waals surface area contributed by atoms with E-state index in [0.29, 0.717) is 21.9 Å². The number of nitrogens with zero attached hydrogens (tertiary/aromatic N) is 2. The lowest BCUT2D eigenvalue weighted by Crippen LogP contribution is -2.18. The topological polar surface area (TPSA) is 101 Å². The van der Waals surface area contributed by atoms with Gasteiger partial charge in [0.2, 0.25) is 5.56 Å². The highest BCUT2D eigenvalue weighted by Crippen LogP contribution is 2.36. The Morgan fingerprint density at radius 3 is 2.53 bits per heavy atom. The minimum Gasteiger partial charge on any atom is -0.478 e. The molecule has 0 amide bonds. The number of rotatable bonds is 8. The summed E-state index contributed by atoms with van der Waals surface area (Å²) in [7, 11) is 1.60. The lowest BCUT2D eigenvalue weighted by Gasteiger charge is -2.22. The van der Waals surface area contributed by atoms with E-state index < -0.39 is 17.7 Å². The van der Waals surface area contributed by atoms with Gasteiger partial charge in [0, 0.05) is 42.2 Å². The summed E-state index contributed by atoms with van der Waals surface area (Å²) in [4.78, 5) is 23.1. The summed E-state index contributed by atoms with van der Waals surface area (Å²) in [5, 5.41) is 23.1. The third-order valence-electron chi connectivity index (χ3n) is 6.21. The molecule has 1 heterocycles. The Hall–Kier alpha value is -4.43. The van der Waals surface area contributed by atoms with Crippen LogP contribution in [0.1, 0.15) is 45.0 Å². The van der Waals surface area contributed by atoms with Gasteiger partial charge in [-0.15, -0.1) is 0 Å². The molecule has 0 bridgehead atoms. The number of hydrogen-bond acceptors (Lipinski definition) is 5. The zero-order chi connectivity index (χ0) is 27.4. The van der Waals surface area contributed by atoms with Gasteiger partial charge in [0.05, 0.1) is 11.3 Å². The fraction of sp³-hybridized carbons (Fsp3) is 0.138. The van der Waals surface area contributed by atoms with Gasteiger partial charge in [-0.1, -0.05) is 35.0 Å². The van der Waals surface area contributed by atoms with E-state index >= 15 is 4.39 Å². The van der Waals surface area contributed by atoms with Crippen LogP contribution in [0.25, 0.3) is 0 Å². The molecule has 0 aliphatic carbocycles. The predicted molar refractivity (Wildman–Crippen MR) is 143 cm³/mol. The highest BCUT2D eigenvalue weighted by atomic mass is 35.5. The number of hydrogen-bond donors (Lipinski definition) is 2. The van der Waals surface area contributed by atoms with E-state index in [4.69, 9.17) is 16.3 Å². The normalized spacial score (nSPS) is 12.3. The van der Waals surface area contributed by atoms with E-state index in [2.05, 4.69) is 5.16 Å². The van der Waals surface area contributed by atoms with Crippen molar-refractivity contribution in [3.05, 3.63) is 128 Å². The molecular weight excluding hydrogens is 511 g/mol. The maximum Gasteiger partial charge on any atom is 0.335 e. The van der Waals surface area contributed by atoms with Crippen molar-refractivity contribution >= 4 is 23.3 Å². The van der Waals surface area contributed by atoms with E-state index in [0.717, 1.165) is 11.1 Å². The molecule has 4 rings (SSSR count). The van der Waals surface area contributed by atoms with Crippen LogP contribution in [0.5, 0.6) is 11.5 Å². The summed E-state index contributed by atoms with van der Waals surface area (Å²) in [6.07, 6.45) is 1.77. The number of pyridine rings is 1. The minimum atomic E-state index is -1.12. The van der Waals surface area contributed by atoms with Crippen molar-refractivity contribution in [1.29, 1.82) is 0 Å². The SMILES string of the molecule is Cc1cc(Cl)ccc1C(CC(=NO)c1ccc(=O)n(C)c1)c1ccc(Oc2cccc(C(=O)O)c2)c(F)c1. The number of carbonyl (C=O) groups is 1. The Kier molecular flexibility index (Phi) is 7.93. The van der Waals surface area contributed by atoms with E-state index in [-0.39, 0.29) is 29.0 Å². The zero-order valence-corrected chi connectivity index (χ0v) is 21.3. The van der Waals surface area contributed by atoms with Gasteiger partial charge >= 0.3 is 5.97 Å². The van der Waals surface area contributed by atoms with Crippen LogP contribution in [0.4, 0.5) is 4.39 Å². The molecule has 194 valence electrons. The Morgan fingerprint density at radius 1 is 1.08 bits per heavy atom. The molecule has 38 heavy (non-hydrogen) atoms. The molecule has 0 fully saturated rings. The molecule has 0 radical (unpaired) electrons. The number of aromatic nitrogens is 1. The lowest BCUT2D eigenvalue weighted by molar-refractivity contribution is 0.0696. The number of carboxylic acids is 1. The third kappa shape index (κ3) is 5.92. The van der Waals surface area contributed by atoms with Gasteiger partial charge < -0.3 is 19.6 Å². The average Bonchev–Trinajstić information content (AvgIpc) is 2.88. The second-order valence-corrected chi connectivity index (χ2v) is 9.23. The van der Waals surface area contributed by atoms with Crippen molar-refractivity contribution in [1.82, 2.24) is 4.57 Å². The molecule has 0 aliphatic rings. The Balaban J connectivity index is 1.72. The van der Waals surface area contributed by atoms with Crippen molar-refractivity contribution in [2.24, 2.45) is 12.2 Å². The van der Waals surface area contributed by atoms with Crippen LogP contribution in [-0.2, 0) is 7.05 Å². The third-order valence-corrected chi connectivity index (χ3v) is 6.45. The Labute approximate surface area is 223 Å². The van der Waals surface area contributed by atoms with Crippen LogP contribution in [0.3, 0.4) is 0 Å². The summed E-state index contributed by atoms with van der Waals surface area (Å²) in [6.45, 7) is 1.89. The Bertz CT molecular complexity index is 1600. The predicted octanol–water partition coefficient (Wildman–Crippen LogP) is 6.38. The molecule has 2 N–H and O–H groups in total. The zero-order valence-electron chi connectivity index (χ0n) is 20.6. The first-order valence-electron chi connectivity index (χ1n) is 11.6. The number of halogens is 2. The van der Waals surface area contributed by atoms with Crippen LogP contribution in [0.2, 0.25) is 5.02 Å². The largest absolute Gasteiger partial charge is 0.478 e. The number of ether oxygens (including phenoxy) is 1. The van der Waals surface area contributed by atoms with Crippen LogP contribution < -0.4 is 10.3 Å². The van der Waals surface area contributed by atoms with Gasteiger partial charge in [-0.25, -0.2) is 9.18 Å². The fourth-order valence-corrected chi connectivity index (χ4v) is 4.47. The first-order chi connectivity index (χ1) is 18.2. The molecule has 7 nitrogen and oxygen atoms in total.